The van der Waals surface area contributed by atoms with Gasteiger partial charge in [-0.1, -0.05) is 20.8 Å². The van der Waals surface area contributed by atoms with E-state index in [2.05, 4.69) is 10.4 Å². The van der Waals surface area contributed by atoms with Crippen molar-refractivity contribution in [2.75, 3.05) is 5.73 Å². The van der Waals surface area contributed by atoms with Gasteiger partial charge in [0.2, 0.25) is 5.88 Å². The highest BCUT2D eigenvalue weighted by atomic mass is 35.5. The molecule has 3 rings (SSSR count). The zero-order valence-electron chi connectivity index (χ0n) is 14.6. The SMILES string of the molecule is CC(C)(C)Cn1c(O)c(C(=O)NC2CCC2)c(=O)n2nc(N)cc12.Cl. The van der Waals surface area contributed by atoms with Gasteiger partial charge in [0.25, 0.3) is 11.5 Å². The number of hydrogen-bond acceptors (Lipinski definition) is 5. The number of anilines is 1. The minimum Gasteiger partial charge on any atom is -0.494 e. The average molecular weight is 370 g/mol. The Labute approximate surface area is 151 Å². The maximum atomic E-state index is 12.6. The number of nitrogens with zero attached hydrogens (tertiary/aromatic N) is 3. The van der Waals surface area contributed by atoms with Gasteiger partial charge in [-0.15, -0.1) is 17.5 Å². The van der Waals surface area contributed by atoms with Gasteiger partial charge in [0.1, 0.15) is 11.5 Å². The summed E-state index contributed by atoms with van der Waals surface area (Å²) in [6.45, 7) is 6.39. The van der Waals surface area contributed by atoms with Crippen molar-refractivity contribution in [1.29, 1.82) is 0 Å². The summed E-state index contributed by atoms with van der Waals surface area (Å²) >= 11 is 0. The van der Waals surface area contributed by atoms with Crippen LogP contribution in [0.4, 0.5) is 5.82 Å². The highest BCUT2D eigenvalue weighted by Crippen LogP contribution is 2.26. The molecule has 0 spiro atoms. The summed E-state index contributed by atoms with van der Waals surface area (Å²) in [4.78, 5) is 25.1. The van der Waals surface area contributed by atoms with E-state index >= 15 is 0 Å². The number of nitrogen functional groups attached to an aromatic ring is 1. The maximum absolute atomic E-state index is 12.6. The average Bonchev–Trinajstić information content (AvgIpc) is 2.80. The Morgan fingerprint density at radius 1 is 1.44 bits per heavy atom. The van der Waals surface area contributed by atoms with Crippen LogP contribution >= 0.6 is 12.4 Å². The van der Waals surface area contributed by atoms with Crippen LogP contribution in [0.2, 0.25) is 0 Å². The summed E-state index contributed by atoms with van der Waals surface area (Å²) in [6, 6.07) is 1.58. The zero-order chi connectivity index (χ0) is 17.6. The van der Waals surface area contributed by atoms with Crippen molar-refractivity contribution in [3.8, 4) is 5.88 Å². The Morgan fingerprint density at radius 3 is 2.60 bits per heavy atom. The van der Waals surface area contributed by atoms with Crippen molar-refractivity contribution in [2.45, 2.75) is 52.6 Å². The Morgan fingerprint density at radius 2 is 2.08 bits per heavy atom. The van der Waals surface area contributed by atoms with Gasteiger partial charge in [-0.2, -0.15) is 4.52 Å². The summed E-state index contributed by atoms with van der Waals surface area (Å²) in [5, 5.41) is 17.4. The number of nitrogens with one attached hydrogen (secondary N) is 1. The van der Waals surface area contributed by atoms with Gasteiger partial charge >= 0.3 is 0 Å². The van der Waals surface area contributed by atoms with E-state index in [0.717, 1.165) is 23.8 Å². The lowest BCUT2D eigenvalue weighted by Crippen LogP contribution is -2.42. The van der Waals surface area contributed by atoms with Gasteiger partial charge in [0, 0.05) is 18.7 Å². The molecule has 2 aromatic rings. The Bertz CT molecular complexity index is 861. The summed E-state index contributed by atoms with van der Waals surface area (Å²) in [5.74, 6) is -0.759. The fourth-order valence-electron chi connectivity index (χ4n) is 2.81. The quantitative estimate of drug-likeness (QED) is 0.759. The minimum atomic E-state index is -0.666. The third-order valence-electron chi connectivity index (χ3n) is 4.17. The van der Waals surface area contributed by atoms with Crippen LogP contribution in [-0.4, -0.2) is 31.2 Å². The van der Waals surface area contributed by atoms with Crippen LogP contribution in [0.5, 0.6) is 5.88 Å². The highest BCUT2D eigenvalue weighted by Gasteiger charge is 2.28. The molecule has 2 aromatic heterocycles. The molecular formula is C16H24ClN5O3. The molecule has 9 heteroatoms. The van der Waals surface area contributed by atoms with E-state index in [1.165, 1.54) is 10.6 Å². The molecule has 1 aliphatic rings. The first-order valence-corrected chi connectivity index (χ1v) is 8.09. The van der Waals surface area contributed by atoms with Gasteiger partial charge in [0.15, 0.2) is 5.56 Å². The Hall–Kier alpha value is -2.22. The number of aromatic nitrogens is 3. The molecule has 0 aliphatic heterocycles. The molecule has 0 atom stereocenters. The van der Waals surface area contributed by atoms with Gasteiger partial charge < -0.3 is 16.2 Å². The number of fused-ring (bicyclic) bond motifs is 1. The Balaban J connectivity index is 0.00000225. The van der Waals surface area contributed by atoms with Crippen molar-refractivity contribution in [2.24, 2.45) is 5.41 Å². The number of hydrogen-bond donors (Lipinski definition) is 3. The van der Waals surface area contributed by atoms with Gasteiger partial charge in [-0.05, 0) is 24.7 Å². The molecule has 0 aromatic carbocycles. The van der Waals surface area contributed by atoms with E-state index in [4.69, 9.17) is 5.73 Å². The van der Waals surface area contributed by atoms with Gasteiger partial charge in [-0.3, -0.25) is 14.2 Å². The molecule has 8 nitrogen and oxygen atoms in total. The predicted octanol–water partition coefficient (Wildman–Crippen LogP) is 1.53. The second-order valence-corrected chi connectivity index (χ2v) is 7.59. The number of nitrogens with two attached hydrogens (primary N) is 1. The van der Waals surface area contributed by atoms with Crippen LogP contribution in [0.1, 0.15) is 50.4 Å². The summed E-state index contributed by atoms with van der Waals surface area (Å²) < 4.78 is 2.59. The van der Waals surface area contributed by atoms with Crippen molar-refractivity contribution >= 4 is 29.8 Å². The Kier molecular flexibility index (Phi) is 5.04. The maximum Gasteiger partial charge on any atom is 0.291 e. The topological polar surface area (TPSA) is 115 Å². The first kappa shape index (κ1) is 19.1. The molecule has 1 aliphatic carbocycles. The van der Waals surface area contributed by atoms with E-state index < -0.39 is 11.5 Å². The number of carbonyl (C=O) groups is 1. The largest absolute Gasteiger partial charge is 0.494 e. The summed E-state index contributed by atoms with van der Waals surface area (Å²) in [5.41, 5.74) is 4.94. The van der Waals surface area contributed by atoms with E-state index in [1.54, 1.807) is 0 Å². The van der Waals surface area contributed by atoms with E-state index in [-0.39, 0.29) is 41.1 Å². The van der Waals surface area contributed by atoms with Gasteiger partial charge in [0.05, 0.1) is 0 Å². The van der Waals surface area contributed by atoms with Crippen LogP contribution in [0.25, 0.3) is 5.65 Å². The van der Waals surface area contributed by atoms with E-state index in [0.29, 0.717) is 12.2 Å². The van der Waals surface area contributed by atoms with Crippen LogP contribution in [-0.2, 0) is 6.54 Å². The number of amides is 1. The van der Waals surface area contributed by atoms with Gasteiger partial charge in [-0.25, -0.2) is 0 Å². The molecule has 4 N–H and O–H groups in total. The van der Waals surface area contributed by atoms with E-state index in [1.807, 2.05) is 20.8 Å². The lowest BCUT2D eigenvalue weighted by Gasteiger charge is -2.27. The third-order valence-corrected chi connectivity index (χ3v) is 4.17. The number of carbonyl (C=O) groups excluding carboxylic acids is 1. The summed E-state index contributed by atoms with van der Waals surface area (Å²) in [6.07, 6.45) is 2.83. The number of rotatable bonds is 3. The number of halogens is 1. The second-order valence-electron chi connectivity index (χ2n) is 7.59. The second kappa shape index (κ2) is 6.59. The smallest absolute Gasteiger partial charge is 0.291 e. The molecular weight excluding hydrogens is 346 g/mol. The molecule has 1 fully saturated rings. The lowest BCUT2D eigenvalue weighted by atomic mass is 9.93. The van der Waals surface area contributed by atoms with Crippen molar-refractivity contribution in [1.82, 2.24) is 19.5 Å². The first-order valence-electron chi connectivity index (χ1n) is 8.09. The van der Waals surface area contributed by atoms with Crippen LogP contribution < -0.4 is 16.6 Å². The van der Waals surface area contributed by atoms with Crippen LogP contribution in [0, 0.1) is 5.41 Å². The monoisotopic (exact) mass is 369 g/mol. The summed E-state index contributed by atoms with van der Waals surface area (Å²) in [7, 11) is 0. The van der Waals surface area contributed by atoms with Crippen LogP contribution in [0.3, 0.4) is 0 Å². The molecule has 1 saturated carbocycles. The zero-order valence-corrected chi connectivity index (χ0v) is 15.4. The molecule has 25 heavy (non-hydrogen) atoms. The lowest BCUT2D eigenvalue weighted by molar-refractivity contribution is 0.0910. The standard InChI is InChI=1S/C16H23N5O3.ClH/c1-16(2,3)8-20-11-7-10(17)19-21(11)15(24)12(14(20)23)13(22)18-9-5-4-6-9;/h7,9,23H,4-6,8H2,1-3H3,(H2,17,19)(H,18,22);1H. The number of aromatic hydroxyl groups is 1. The fraction of sp³-hybridized carbons (Fsp3) is 0.562. The molecule has 0 radical (unpaired) electrons. The van der Waals surface area contributed by atoms with E-state index in [9.17, 15) is 14.7 Å². The highest BCUT2D eigenvalue weighted by molar-refractivity contribution is 5.96. The predicted molar refractivity (Wildman–Crippen MR) is 97.3 cm³/mol. The molecule has 2 heterocycles. The van der Waals surface area contributed by atoms with Crippen molar-refractivity contribution < 1.29 is 9.90 Å². The molecule has 0 bridgehead atoms. The molecule has 138 valence electrons. The molecule has 0 saturated heterocycles. The normalized spacial score (nSPS) is 14.8. The fourth-order valence-corrected chi connectivity index (χ4v) is 2.81. The van der Waals surface area contributed by atoms with Crippen molar-refractivity contribution in [3.63, 3.8) is 0 Å². The first-order chi connectivity index (χ1) is 11.2. The van der Waals surface area contributed by atoms with Crippen molar-refractivity contribution in [3.05, 3.63) is 22.0 Å². The molecule has 1 amide bonds. The van der Waals surface area contributed by atoms with Crippen LogP contribution in [0.15, 0.2) is 10.9 Å². The molecule has 0 unspecified atom stereocenters. The minimum absolute atomic E-state index is 0. The third kappa shape index (κ3) is 3.58.